The quantitative estimate of drug-likeness (QED) is 0.762. The van der Waals surface area contributed by atoms with Crippen molar-refractivity contribution in [2.45, 2.75) is 82.7 Å². The molecule has 2 heteroatoms. The molecular formula is C16H25NO. The molecule has 3 rings (SSSR count). The van der Waals surface area contributed by atoms with Crippen LogP contribution in [-0.4, -0.2) is 10.7 Å². The van der Waals surface area contributed by atoms with Gasteiger partial charge in [0.2, 0.25) is 0 Å². The van der Waals surface area contributed by atoms with Gasteiger partial charge in [0.15, 0.2) is 0 Å². The smallest absolute Gasteiger partial charge is 0.0860 e. The highest BCUT2D eigenvalue weighted by atomic mass is 16.3. The zero-order valence-corrected chi connectivity index (χ0v) is 11.4. The average molecular weight is 247 g/mol. The second-order valence-electron chi connectivity index (χ2n) is 7.14. The van der Waals surface area contributed by atoms with Gasteiger partial charge in [0.1, 0.15) is 0 Å². The minimum atomic E-state index is -0.675. The van der Waals surface area contributed by atoms with Gasteiger partial charge < -0.3 is 5.11 Å². The molecule has 1 N–H and O–H groups in total. The number of aliphatic hydroxyl groups is 1. The Morgan fingerprint density at radius 3 is 1.72 bits per heavy atom. The highest BCUT2D eigenvalue weighted by Crippen LogP contribution is 2.58. The van der Waals surface area contributed by atoms with Crippen LogP contribution in [0.15, 0.2) is 0 Å². The van der Waals surface area contributed by atoms with E-state index in [2.05, 4.69) is 6.07 Å². The normalized spacial score (nSPS) is 32.4. The lowest BCUT2D eigenvalue weighted by Crippen LogP contribution is -2.50. The molecule has 0 aliphatic heterocycles. The van der Waals surface area contributed by atoms with Crippen LogP contribution in [-0.2, 0) is 0 Å². The summed E-state index contributed by atoms with van der Waals surface area (Å²) < 4.78 is 0. The van der Waals surface area contributed by atoms with Crippen LogP contribution in [0.3, 0.4) is 0 Å². The molecule has 100 valence electrons. The molecule has 0 aromatic heterocycles. The Kier molecular flexibility index (Phi) is 2.94. The summed E-state index contributed by atoms with van der Waals surface area (Å²) >= 11 is 0. The average Bonchev–Trinajstić information content (AvgIpc) is 3.04. The van der Waals surface area contributed by atoms with E-state index in [1.54, 1.807) is 0 Å². The van der Waals surface area contributed by atoms with Crippen LogP contribution in [0.4, 0.5) is 0 Å². The van der Waals surface area contributed by atoms with E-state index < -0.39 is 11.0 Å². The molecule has 18 heavy (non-hydrogen) atoms. The summed E-state index contributed by atoms with van der Waals surface area (Å²) in [6.45, 7) is 0. The van der Waals surface area contributed by atoms with Crippen LogP contribution in [0, 0.1) is 22.2 Å². The van der Waals surface area contributed by atoms with Crippen molar-refractivity contribution >= 4 is 0 Å². The first kappa shape index (κ1) is 12.5. The maximum atomic E-state index is 11.0. The van der Waals surface area contributed by atoms with E-state index in [4.69, 9.17) is 0 Å². The van der Waals surface area contributed by atoms with Crippen molar-refractivity contribution in [3.63, 3.8) is 0 Å². The van der Waals surface area contributed by atoms with Gasteiger partial charge >= 0.3 is 0 Å². The predicted octanol–water partition coefficient (Wildman–Crippen LogP) is 3.94. The Balaban J connectivity index is 1.76. The monoisotopic (exact) mass is 247 g/mol. The fourth-order valence-electron chi connectivity index (χ4n) is 4.96. The zero-order valence-electron chi connectivity index (χ0n) is 11.4. The van der Waals surface area contributed by atoms with Crippen molar-refractivity contribution < 1.29 is 5.11 Å². The van der Waals surface area contributed by atoms with Crippen LogP contribution < -0.4 is 0 Å². The lowest BCUT2D eigenvalue weighted by atomic mass is 9.59. The zero-order chi connectivity index (χ0) is 12.7. The van der Waals surface area contributed by atoms with Crippen LogP contribution in [0.5, 0.6) is 0 Å². The molecule has 0 radical (unpaired) electrons. The van der Waals surface area contributed by atoms with Crippen molar-refractivity contribution in [1.82, 2.24) is 0 Å². The second-order valence-corrected chi connectivity index (χ2v) is 7.14. The van der Waals surface area contributed by atoms with Gasteiger partial charge in [-0.3, -0.25) is 0 Å². The van der Waals surface area contributed by atoms with Crippen molar-refractivity contribution in [2.75, 3.05) is 0 Å². The first-order valence-electron chi connectivity index (χ1n) is 7.78. The summed E-state index contributed by atoms with van der Waals surface area (Å²) in [6, 6.07) is 2.52. The molecule has 3 fully saturated rings. The summed E-state index contributed by atoms with van der Waals surface area (Å²) in [6.07, 6.45) is 13.7. The predicted molar refractivity (Wildman–Crippen MR) is 70.8 cm³/mol. The molecule has 3 aliphatic carbocycles. The number of nitriles is 1. The van der Waals surface area contributed by atoms with Crippen molar-refractivity contribution in [1.29, 1.82) is 5.26 Å². The Labute approximate surface area is 110 Å². The number of nitrogens with zero attached hydrogens (tertiary/aromatic N) is 1. The second kappa shape index (κ2) is 4.23. The maximum absolute atomic E-state index is 11.0. The van der Waals surface area contributed by atoms with Gasteiger partial charge in [-0.1, -0.05) is 25.7 Å². The summed E-state index contributed by atoms with van der Waals surface area (Å²) in [5, 5.41) is 20.6. The van der Waals surface area contributed by atoms with Gasteiger partial charge in [-0.2, -0.15) is 5.26 Å². The third-order valence-electron chi connectivity index (χ3n) is 6.36. The molecule has 0 saturated heterocycles. The van der Waals surface area contributed by atoms with Crippen LogP contribution in [0.25, 0.3) is 0 Å². The van der Waals surface area contributed by atoms with Gasteiger partial charge in [-0.05, 0) is 56.8 Å². The molecule has 0 atom stereocenters. The topological polar surface area (TPSA) is 44.0 Å². The number of hydrogen-bond donors (Lipinski definition) is 1. The third-order valence-corrected chi connectivity index (χ3v) is 6.36. The SMILES string of the molecule is N#CC1(C2(O)CCC3(CCCC3)CC2)CCCC1. The summed E-state index contributed by atoms with van der Waals surface area (Å²) in [5.41, 5.74) is -0.541. The minimum absolute atomic E-state index is 0.410. The van der Waals surface area contributed by atoms with Gasteiger partial charge in [0.25, 0.3) is 0 Å². The molecule has 0 unspecified atom stereocenters. The lowest BCUT2D eigenvalue weighted by molar-refractivity contribution is -0.103. The van der Waals surface area contributed by atoms with Gasteiger partial charge in [0, 0.05) is 0 Å². The molecule has 0 aromatic carbocycles. The highest BCUT2D eigenvalue weighted by Gasteiger charge is 2.55. The minimum Gasteiger partial charge on any atom is -0.388 e. The molecule has 3 saturated carbocycles. The van der Waals surface area contributed by atoms with Gasteiger partial charge in [-0.25, -0.2) is 0 Å². The first-order valence-corrected chi connectivity index (χ1v) is 7.78. The molecule has 0 bridgehead atoms. The standard InChI is InChI=1S/C16H25NO/c17-13-15(7-3-4-8-15)16(18)11-9-14(10-12-16)5-1-2-6-14/h18H,1-12H2. The van der Waals surface area contributed by atoms with E-state index in [1.807, 2.05) is 0 Å². The van der Waals surface area contributed by atoms with Crippen LogP contribution >= 0.6 is 0 Å². The van der Waals surface area contributed by atoms with E-state index in [9.17, 15) is 10.4 Å². The largest absolute Gasteiger partial charge is 0.388 e. The van der Waals surface area contributed by atoms with E-state index in [0.717, 1.165) is 51.4 Å². The first-order chi connectivity index (χ1) is 8.64. The van der Waals surface area contributed by atoms with E-state index >= 15 is 0 Å². The Morgan fingerprint density at radius 2 is 1.22 bits per heavy atom. The van der Waals surface area contributed by atoms with E-state index in [1.165, 1.54) is 25.7 Å². The molecular weight excluding hydrogens is 222 g/mol. The van der Waals surface area contributed by atoms with E-state index in [0.29, 0.717) is 5.41 Å². The summed E-state index contributed by atoms with van der Waals surface area (Å²) in [4.78, 5) is 0. The fourth-order valence-corrected chi connectivity index (χ4v) is 4.96. The van der Waals surface area contributed by atoms with Crippen molar-refractivity contribution in [3.05, 3.63) is 0 Å². The van der Waals surface area contributed by atoms with E-state index in [-0.39, 0.29) is 0 Å². The fraction of sp³-hybridized carbons (Fsp3) is 0.938. The molecule has 3 aliphatic rings. The Morgan fingerprint density at radius 1 is 0.722 bits per heavy atom. The van der Waals surface area contributed by atoms with Crippen molar-refractivity contribution in [2.24, 2.45) is 10.8 Å². The molecule has 0 heterocycles. The van der Waals surface area contributed by atoms with Gasteiger partial charge in [0.05, 0.1) is 17.1 Å². The molecule has 1 spiro atoms. The summed E-state index contributed by atoms with van der Waals surface area (Å²) in [5.74, 6) is 0. The Bertz CT molecular complexity index is 346. The van der Waals surface area contributed by atoms with Crippen LogP contribution in [0.2, 0.25) is 0 Å². The molecule has 2 nitrogen and oxygen atoms in total. The molecule has 0 aromatic rings. The van der Waals surface area contributed by atoms with Crippen LogP contribution in [0.1, 0.15) is 77.0 Å². The Hall–Kier alpha value is -0.550. The third kappa shape index (κ3) is 1.71. The van der Waals surface area contributed by atoms with Gasteiger partial charge in [-0.15, -0.1) is 0 Å². The highest BCUT2D eigenvalue weighted by molar-refractivity contribution is 5.15. The number of rotatable bonds is 1. The van der Waals surface area contributed by atoms with Crippen molar-refractivity contribution in [3.8, 4) is 6.07 Å². The lowest BCUT2D eigenvalue weighted by Gasteiger charge is -2.48. The molecule has 0 amide bonds. The summed E-state index contributed by atoms with van der Waals surface area (Å²) in [7, 11) is 0. The number of hydrogen-bond acceptors (Lipinski definition) is 2. The maximum Gasteiger partial charge on any atom is 0.0860 e.